The number of methoxy groups -OCH3 is 1. The number of aryl methyl sites for hydroxylation is 1. The third-order valence-corrected chi connectivity index (χ3v) is 4.61. The lowest BCUT2D eigenvalue weighted by atomic mass is 10.3. The van der Waals surface area contributed by atoms with Gasteiger partial charge in [-0.15, -0.1) is 11.3 Å². The summed E-state index contributed by atoms with van der Waals surface area (Å²) < 4.78 is 6.28. The summed E-state index contributed by atoms with van der Waals surface area (Å²) in [6.45, 7) is 3.03. The number of anilines is 1. The molecule has 2 nitrogen and oxygen atoms in total. The Morgan fingerprint density at radius 1 is 1.22 bits per heavy atom. The quantitative estimate of drug-likeness (QED) is 0.860. The van der Waals surface area contributed by atoms with Crippen LogP contribution in [0.5, 0.6) is 5.75 Å². The first kappa shape index (κ1) is 13.4. The fourth-order valence-corrected chi connectivity index (χ4v) is 2.94. The predicted octanol–water partition coefficient (Wildman–Crippen LogP) is 4.69. The van der Waals surface area contributed by atoms with E-state index in [2.05, 4.69) is 40.3 Å². The molecular weight excluding hydrogens is 310 g/mol. The zero-order chi connectivity index (χ0) is 13.0. The first-order chi connectivity index (χ1) is 8.72. The van der Waals surface area contributed by atoms with Crippen molar-refractivity contribution in [3.63, 3.8) is 0 Å². The number of hydrogen-bond donors (Lipinski definition) is 1. The van der Waals surface area contributed by atoms with E-state index in [9.17, 15) is 0 Å². The van der Waals surface area contributed by atoms with Crippen LogP contribution in [0.15, 0.2) is 34.8 Å². The van der Waals surface area contributed by atoms with Gasteiger partial charge in [-0.25, -0.2) is 0 Å². The lowest BCUT2D eigenvalue weighted by Crippen LogP contribution is -1.98. The van der Waals surface area contributed by atoms with Crippen molar-refractivity contribution in [1.29, 1.82) is 0 Å². The molecule has 1 aromatic heterocycles. The van der Waals surface area contributed by atoms with Gasteiger partial charge in [-0.1, -0.05) is 6.92 Å². The summed E-state index contributed by atoms with van der Waals surface area (Å²) in [5.41, 5.74) is 1.06. The van der Waals surface area contributed by atoms with E-state index in [0.29, 0.717) is 0 Å². The van der Waals surface area contributed by atoms with Crippen LogP contribution in [0.4, 0.5) is 5.69 Å². The Bertz CT molecular complexity index is 524. The molecule has 0 aliphatic heterocycles. The SMILES string of the molecule is CCc1ccc(CNc2cc(OC)ccc2Br)s1. The van der Waals surface area contributed by atoms with Gasteiger partial charge in [-0.2, -0.15) is 0 Å². The lowest BCUT2D eigenvalue weighted by Gasteiger charge is -2.09. The van der Waals surface area contributed by atoms with Gasteiger partial charge < -0.3 is 10.1 Å². The lowest BCUT2D eigenvalue weighted by molar-refractivity contribution is 0.415. The molecule has 0 spiro atoms. The van der Waals surface area contributed by atoms with Crippen LogP contribution in [0, 0.1) is 0 Å². The first-order valence-corrected chi connectivity index (χ1v) is 7.49. The van der Waals surface area contributed by atoms with E-state index in [-0.39, 0.29) is 0 Å². The van der Waals surface area contributed by atoms with Crippen molar-refractivity contribution < 1.29 is 4.74 Å². The molecule has 18 heavy (non-hydrogen) atoms. The first-order valence-electron chi connectivity index (χ1n) is 5.88. The molecule has 0 aliphatic carbocycles. The van der Waals surface area contributed by atoms with Crippen molar-refractivity contribution in [2.75, 3.05) is 12.4 Å². The fraction of sp³-hybridized carbons (Fsp3) is 0.286. The Hall–Kier alpha value is -1.000. The number of ether oxygens (including phenoxy) is 1. The summed E-state index contributed by atoms with van der Waals surface area (Å²) >= 11 is 5.40. The highest BCUT2D eigenvalue weighted by Gasteiger charge is 2.03. The van der Waals surface area contributed by atoms with E-state index < -0.39 is 0 Å². The molecule has 1 N–H and O–H groups in total. The summed E-state index contributed by atoms with van der Waals surface area (Å²) in [4.78, 5) is 2.78. The minimum atomic E-state index is 0.844. The van der Waals surface area contributed by atoms with Crippen LogP contribution in [-0.4, -0.2) is 7.11 Å². The highest BCUT2D eigenvalue weighted by molar-refractivity contribution is 9.10. The molecule has 1 aromatic carbocycles. The molecule has 2 aromatic rings. The largest absolute Gasteiger partial charge is 0.497 e. The Kier molecular flexibility index (Phi) is 4.66. The van der Waals surface area contributed by atoms with Crippen molar-refractivity contribution in [2.45, 2.75) is 19.9 Å². The highest BCUT2D eigenvalue weighted by atomic mass is 79.9. The molecule has 2 rings (SSSR count). The molecule has 4 heteroatoms. The maximum absolute atomic E-state index is 5.23. The molecule has 0 unspecified atom stereocenters. The van der Waals surface area contributed by atoms with Gasteiger partial charge in [0, 0.05) is 26.8 Å². The van der Waals surface area contributed by atoms with E-state index >= 15 is 0 Å². The Morgan fingerprint density at radius 3 is 2.67 bits per heavy atom. The van der Waals surface area contributed by atoms with E-state index in [1.807, 2.05) is 29.5 Å². The smallest absolute Gasteiger partial charge is 0.121 e. The van der Waals surface area contributed by atoms with Gasteiger partial charge in [0.05, 0.1) is 12.8 Å². The second-order valence-electron chi connectivity index (χ2n) is 3.92. The van der Waals surface area contributed by atoms with Gasteiger partial charge in [0.2, 0.25) is 0 Å². The zero-order valence-electron chi connectivity index (χ0n) is 10.5. The topological polar surface area (TPSA) is 21.3 Å². The molecular formula is C14H16BrNOS. The second kappa shape index (κ2) is 6.25. The summed E-state index contributed by atoms with van der Waals surface area (Å²) in [6.07, 6.45) is 1.10. The van der Waals surface area contributed by atoms with Crippen LogP contribution < -0.4 is 10.1 Å². The van der Waals surface area contributed by atoms with Crippen LogP contribution in [0.1, 0.15) is 16.7 Å². The average Bonchev–Trinajstić information content (AvgIpc) is 2.86. The maximum Gasteiger partial charge on any atom is 0.121 e. The van der Waals surface area contributed by atoms with Gasteiger partial charge >= 0.3 is 0 Å². The molecule has 0 saturated heterocycles. The number of hydrogen-bond acceptors (Lipinski definition) is 3. The number of halogens is 1. The monoisotopic (exact) mass is 325 g/mol. The third kappa shape index (κ3) is 3.27. The molecule has 0 radical (unpaired) electrons. The number of benzene rings is 1. The van der Waals surface area contributed by atoms with Crippen molar-refractivity contribution >= 4 is 33.0 Å². The van der Waals surface area contributed by atoms with E-state index in [1.54, 1.807) is 7.11 Å². The molecule has 0 atom stereocenters. The van der Waals surface area contributed by atoms with Crippen LogP contribution in [0.2, 0.25) is 0 Å². The minimum absolute atomic E-state index is 0.844. The summed E-state index contributed by atoms with van der Waals surface area (Å²) in [5, 5.41) is 3.42. The van der Waals surface area contributed by atoms with Gasteiger partial charge in [-0.05, 0) is 46.6 Å². The van der Waals surface area contributed by atoms with Crippen LogP contribution >= 0.6 is 27.3 Å². The molecule has 0 fully saturated rings. The van der Waals surface area contributed by atoms with Crippen LogP contribution in [-0.2, 0) is 13.0 Å². The van der Waals surface area contributed by atoms with Crippen molar-refractivity contribution in [3.8, 4) is 5.75 Å². The Balaban J connectivity index is 2.05. The predicted molar refractivity (Wildman–Crippen MR) is 81.7 cm³/mol. The van der Waals surface area contributed by atoms with E-state index in [1.165, 1.54) is 9.75 Å². The molecule has 0 saturated carbocycles. The van der Waals surface area contributed by atoms with Crippen molar-refractivity contribution in [1.82, 2.24) is 0 Å². The van der Waals surface area contributed by atoms with Gasteiger partial charge in [0.15, 0.2) is 0 Å². The highest BCUT2D eigenvalue weighted by Crippen LogP contribution is 2.28. The van der Waals surface area contributed by atoms with Crippen LogP contribution in [0.3, 0.4) is 0 Å². The summed E-state index contributed by atoms with van der Waals surface area (Å²) in [7, 11) is 1.68. The number of rotatable bonds is 5. The Labute approximate surface area is 120 Å². The van der Waals surface area contributed by atoms with Crippen molar-refractivity contribution in [3.05, 3.63) is 44.6 Å². The standard InChI is InChI=1S/C14H16BrNOS/c1-3-11-5-6-12(18-11)9-16-14-8-10(17-2)4-7-13(14)15/h4-8,16H,3,9H2,1-2H3. The van der Waals surface area contributed by atoms with Crippen molar-refractivity contribution in [2.24, 2.45) is 0 Å². The van der Waals surface area contributed by atoms with Gasteiger partial charge in [0.1, 0.15) is 5.75 Å². The molecule has 1 heterocycles. The van der Waals surface area contributed by atoms with Gasteiger partial charge in [-0.3, -0.25) is 0 Å². The molecule has 96 valence electrons. The molecule has 0 aliphatic rings. The van der Waals surface area contributed by atoms with Gasteiger partial charge in [0.25, 0.3) is 0 Å². The third-order valence-electron chi connectivity index (χ3n) is 2.69. The minimum Gasteiger partial charge on any atom is -0.497 e. The molecule has 0 amide bonds. The van der Waals surface area contributed by atoms with Crippen LogP contribution in [0.25, 0.3) is 0 Å². The average molecular weight is 326 g/mol. The number of nitrogens with one attached hydrogen (secondary N) is 1. The maximum atomic E-state index is 5.23. The molecule has 0 bridgehead atoms. The van der Waals surface area contributed by atoms with E-state index in [4.69, 9.17) is 4.74 Å². The normalized spacial score (nSPS) is 10.4. The summed E-state index contributed by atoms with van der Waals surface area (Å²) in [6, 6.07) is 10.3. The summed E-state index contributed by atoms with van der Waals surface area (Å²) in [5.74, 6) is 0.862. The van der Waals surface area contributed by atoms with E-state index in [0.717, 1.165) is 28.9 Å². The Morgan fingerprint density at radius 2 is 2.00 bits per heavy atom. The number of thiophene rings is 1. The second-order valence-corrected chi connectivity index (χ2v) is 6.03. The zero-order valence-corrected chi connectivity index (χ0v) is 12.9. The fourth-order valence-electron chi connectivity index (χ4n) is 1.66.